The van der Waals surface area contributed by atoms with E-state index in [9.17, 15) is 0 Å². The van der Waals surface area contributed by atoms with Gasteiger partial charge in [-0.15, -0.1) is 0 Å². The second-order valence-electron chi connectivity index (χ2n) is 3.60. The standard InChI is InChI=1S/C12H9BS2/c13-8-5-6-11-12(7-8)15-10-4-2-1-3-9(10)14-11/h1-7H,13H2. The molecule has 0 spiro atoms. The van der Waals surface area contributed by atoms with Crippen molar-refractivity contribution in [2.75, 3.05) is 0 Å². The molecule has 0 unspecified atom stereocenters. The molecule has 0 N–H and O–H groups in total. The zero-order valence-corrected chi connectivity index (χ0v) is 9.99. The first kappa shape index (κ1) is 9.43. The predicted molar refractivity (Wildman–Crippen MR) is 69.3 cm³/mol. The number of fused-ring (bicyclic) bond motifs is 2. The van der Waals surface area contributed by atoms with E-state index in [0.717, 1.165) is 0 Å². The maximum atomic E-state index is 2.27. The van der Waals surface area contributed by atoms with Crippen LogP contribution < -0.4 is 5.46 Å². The number of hydrogen-bond donors (Lipinski definition) is 0. The molecule has 0 saturated carbocycles. The Morgan fingerprint density at radius 2 is 1.33 bits per heavy atom. The van der Waals surface area contributed by atoms with Gasteiger partial charge in [0, 0.05) is 19.6 Å². The Kier molecular flexibility index (Phi) is 2.30. The first-order valence-electron chi connectivity index (χ1n) is 4.88. The van der Waals surface area contributed by atoms with Crippen molar-refractivity contribution in [1.29, 1.82) is 0 Å². The fraction of sp³-hybridized carbons (Fsp3) is 0. The monoisotopic (exact) mass is 228 g/mol. The van der Waals surface area contributed by atoms with E-state index in [1.807, 2.05) is 23.5 Å². The summed E-state index contributed by atoms with van der Waals surface area (Å²) in [4.78, 5) is 5.52. The zero-order valence-electron chi connectivity index (χ0n) is 8.36. The molecule has 0 nitrogen and oxygen atoms in total. The minimum atomic E-state index is 1.33. The highest BCUT2D eigenvalue weighted by Crippen LogP contribution is 2.47. The molecule has 1 aliphatic heterocycles. The van der Waals surface area contributed by atoms with Crippen LogP contribution in [0, 0.1) is 0 Å². The van der Waals surface area contributed by atoms with Crippen molar-refractivity contribution in [3.63, 3.8) is 0 Å². The Bertz CT molecular complexity index is 523. The highest BCUT2D eigenvalue weighted by molar-refractivity contribution is 8.05. The highest BCUT2D eigenvalue weighted by atomic mass is 32.2. The number of rotatable bonds is 0. The van der Waals surface area contributed by atoms with Crippen LogP contribution in [0.4, 0.5) is 0 Å². The summed E-state index contributed by atoms with van der Waals surface area (Å²) in [7, 11) is 2.14. The average molecular weight is 228 g/mol. The van der Waals surface area contributed by atoms with Crippen LogP contribution in [0.2, 0.25) is 0 Å². The molecule has 0 saturated heterocycles. The molecule has 0 bridgehead atoms. The van der Waals surface area contributed by atoms with Crippen molar-refractivity contribution in [3.05, 3.63) is 42.5 Å². The molecule has 15 heavy (non-hydrogen) atoms. The van der Waals surface area contributed by atoms with E-state index in [4.69, 9.17) is 0 Å². The SMILES string of the molecule is Bc1ccc2c(c1)Sc1ccccc1S2. The van der Waals surface area contributed by atoms with E-state index in [2.05, 4.69) is 50.3 Å². The second kappa shape index (κ2) is 3.65. The fourth-order valence-electron chi connectivity index (χ4n) is 1.64. The van der Waals surface area contributed by atoms with Crippen molar-refractivity contribution in [3.8, 4) is 0 Å². The third-order valence-electron chi connectivity index (χ3n) is 2.39. The smallest absolute Gasteiger partial charge is 0.0878 e. The fourth-order valence-corrected chi connectivity index (χ4v) is 3.95. The summed E-state index contributed by atoms with van der Waals surface area (Å²) in [6.45, 7) is 0. The third kappa shape index (κ3) is 1.70. The molecule has 3 heteroatoms. The molecular weight excluding hydrogens is 219 g/mol. The summed E-state index contributed by atoms with van der Waals surface area (Å²) in [5.41, 5.74) is 1.33. The highest BCUT2D eigenvalue weighted by Gasteiger charge is 2.15. The summed E-state index contributed by atoms with van der Waals surface area (Å²) in [6, 6.07) is 15.3. The molecular formula is C12H9BS2. The van der Waals surface area contributed by atoms with E-state index >= 15 is 0 Å². The minimum absolute atomic E-state index is 1.33. The van der Waals surface area contributed by atoms with E-state index in [-0.39, 0.29) is 0 Å². The van der Waals surface area contributed by atoms with Gasteiger partial charge >= 0.3 is 0 Å². The first-order valence-corrected chi connectivity index (χ1v) is 6.51. The maximum Gasteiger partial charge on any atom is 0.139 e. The summed E-state index contributed by atoms with van der Waals surface area (Å²) >= 11 is 3.75. The lowest BCUT2D eigenvalue weighted by atomic mass is 9.97. The molecule has 1 heterocycles. The lowest BCUT2D eigenvalue weighted by Crippen LogP contribution is -2.02. The van der Waals surface area contributed by atoms with Crippen LogP contribution >= 0.6 is 23.5 Å². The van der Waals surface area contributed by atoms with Gasteiger partial charge in [0.25, 0.3) is 0 Å². The van der Waals surface area contributed by atoms with Crippen molar-refractivity contribution < 1.29 is 0 Å². The van der Waals surface area contributed by atoms with Gasteiger partial charge in [0.1, 0.15) is 7.85 Å². The summed E-state index contributed by atoms with van der Waals surface area (Å²) < 4.78 is 0. The van der Waals surface area contributed by atoms with Gasteiger partial charge < -0.3 is 0 Å². The van der Waals surface area contributed by atoms with Crippen LogP contribution in [0.3, 0.4) is 0 Å². The molecule has 0 atom stereocenters. The van der Waals surface area contributed by atoms with Gasteiger partial charge in [-0.25, -0.2) is 0 Å². The quantitative estimate of drug-likeness (QED) is 0.542. The first-order chi connectivity index (χ1) is 7.33. The number of hydrogen-bond acceptors (Lipinski definition) is 2. The topological polar surface area (TPSA) is 0 Å². The van der Waals surface area contributed by atoms with Crippen molar-refractivity contribution >= 4 is 36.8 Å². The van der Waals surface area contributed by atoms with E-state index in [0.29, 0.717) is 0 Å². The molecule has 2 aromatic rings. The van der Waals surface area contributed by atoms with Crippen molar-refractivity contribution in [2.45, 2.75) is 19.6 Å². The van der Waals surface area contributed by atoms with Gasteiger partial charge in [-0.1, -0.05) is 53.3 Å². The Labute approximate surface area is 98.9 Å². The summed E-state index contributed by atoms with van der Waals surface area (Å²) in [6.07, 6.45) is 0. The average Bonchev–Trinajstić information content (AvgIpc) is 2.26. The molecule has 0 amide bonds. The molecule has 3 rings (SSSR count). The summed E-state index contributed by atoms with van der Waals surface area (Å²) in [5, 5.41) is 0. The van der Waals surface area contributed by atoms with Gasteiger partial charge in [-0.2, -0.15) is 0 Å². The summed E-state index contributed by atoms with van der Waals surface area (Å²) in [5.74, 6) is 0. The normalized spacial score (nSPS) is 13.1. The van der Waals surface area contributed by atoms with E-state index in [1.54, 1.807) is 0 Å². The third-order valence-corrected chi connectivity index (χ3v) is 4.93. The van der Waals surface area contributed by atoms with Gasteiger partial charge in [0.15, 0.2) is 0 Å². The molecule has 72 valence electrons. The van der Waals surface area contributed by atoms with Gasteiger partial charge in [0.2, 0.25) is 0 Å². The van der Waals surface area contributed by atoms with Crippen molar-refractivity contribution in [1.82, 2.24) is 0 Å². The number of benzene rings is 2. The lowest BCUT2D eigenvalue weighted by molar-refractivity contribution is 1.16. The zero-order chi connectivity index (χ0) is 10.3. The maximum absolute atomic E-state index is 2.27. The largest absolute Gasteiger partial charge is 0.139 e. The lowest BCUT2D eigenvalue weighted by Gasteiger charge is -2.18. The van der Waals surface area contributed by atoms with Crippen LogP contribution in [0.25, 0.3) is 0 Å². The Balaban J connectivity index is 2.11. The van der Waals surface area contributed by atoms with Crippen LogP contribution in [0.5, 0.6) is 0 Å². The van der Waals surface area contributed by atoms with Crippen LogP contribution in [0.1, 0.15) is 0 Å². The van der Waals surface area contributed by atoms with Crippen LogP contribution in [-0.4, -0.2) is 7.85 Å². The molecule has 0 fully saturated rings. The Morgan fingerprint density at radius 1 is 0.733 bits per heavy atom. The second-order valence-corrected chi connectivity index (χ2v) is 5.77. The van der Waals surface area contributed by atoms with E-state index in [1.165, 1.54) is 25.0 Å². The molecule has 0 aliphatic carbocycles. The van der Waals surface area contributed by atoms with Gasteiger partial charge in [-0.3, -0.25) is 0 Å². The van der Waals surface area contributed by atoms with Gasteiger partial charge in [-0.05, 0) is 18.2 Å². The molecule has 0 radical (unpaired) electrons. The van der Waals surface area contributed by atoms with E-state index < -0.39 is 0 Å². The van der Waals surface area contributed by atoms with Gasteiger partial charge in [0.05, 0.1) is 0 Å². The van der Waals surface area contributed by atoms with Crippen LogP contribution in [-0.2, 0) is 0 Å². The minimum Gasteiger partial charge on any atom is -0.0878 e. The molecule has 2 aromatic carbocycles. The molecule has 0 aromatic heterocycles. The predicted octanol–water partition coefficient (Wildman–Crippen LogP) is 2.56. The van der Waals surface area contributed by atoms with Crippen molar-refractivity contribution in [2.24, 2.45) is 0 Å². The Hall–Kier alpha value is -0.795. The van der Waals surface area contributed by atoms with Crippen LogP contribution in [0.15, 0.2) is 62.0 Å². The molecule has 1 aliphatic rings. The Morgan fingerprint density at radius 3 is 2.07 bits per heavy atom.